The summed E-state index contributed by atoms with van der Waals surface area (Å²) in [5.74, 6) is 1.08. The molecule has 0 aromatic carbocycles. The van der Waals surface area contributed by atoms with Gasteiger partial charge in [-0.2, -0.15) is 0 Å². The molecule has 3 heteroatoms. The van der Waals surface area contributed by atoms with Crippen molar-refractivity contribution in [2.45, 2.75) is 38.8 Å². The molecule has 2 rings (SSSR count). The van der Waals surface area contributed by atoms with Crippen LogP contribution in [0.3, 0.4) is 0 Å². The van der Waals surface area contributed by atoms with Crippen LogP contribution < -0.4 is 10.6 Å². The number of hydrogen-bond donors (Lipinski definition) is 1. The van der Waals surface area contributed by atoms with Crippen LogP contribution in [0.1, 0.15) is 25.3 Å². The minimum Gasteiger partial charge on any atom is -0.354 e. The minimum absolute atomic E-state index is 0.363. The third-order valence-corrected chi connectivity index (χ3v) is 3.11. The van der Waals surface area contributed by atoms with Crippen molar-refractivity contribution in [2.75, 3.05) is 11.4 Å². The highest BCUT2D eigenvalue weighted by Gasteiger charge is 2.23. The number of nitrogens with two attached hydrogens (primary N) is 1. The molecule has 82 valence electrons. The number of aryl methyl sites for hydroxylation is 1. The second-order valence-electron chi connectivity index (χ2n) is 4.52. The first kappa shape index (κ1) is 10.4. The molecule has 1 saturated heterocycles. The summed E-state index contributed by atoms with van der Waals surface area (Å²) in [5.41, 5.74) is 7.15. The highest BCUT2D eigenvalue weighted by atomic mass is 15.2. The Morgan fingerprint density at radius 2 is 2.27 bits per heavy atom. The third kappa shape index (κ3) is 2.29. The van der Waals surface area contributed by atoms with Gasteiger partial charge in [-0.1, -0.05) is 6.07 Å². The van der Waals surface area contributed by atoms with Crippen LogP contribution in [-0.2, 0) is 0 Å². The number of hydrogen-bond acceptors (Lipinski definition) is 3. The number of nitrogens with zero attached hydrogens (tertiary/aromatic N) is 2. The quantitative estimate of drug-likeness (QED) is 0.759. The molecule has 1 fully saturated rings. The molecular formula is C12H19N3. The van der Waals surface area contributed by atoms with Crippen molar-refractivity contribution in [3.8, 4) is 0 Å². The molecule has 1 aromatic heterocycles. The van der Waals surface area contributed by atoms with Gasteiger partial charge < -0.3 is 10.6 Å². The Morgan fingerprint density at radius 1 is 1.47 bits per heavy atom. The van der Waals surface area contributed by atoms with Crippen LogP contribution in [-0.4, -0.2) is 23.6 Å². The van der Waals surface area contributed by atoms with Gasteiger partial charge in [-0.05, 0) is 38.3 Å². The fraction of sp³-hybridized carbons (Fsp3) is 0.583. The molecule has 2 heterocycles. The molecule has 15 heavy (non-hydrogen) atoms. The van der Waals surface area contributed by atoms with Crippen molar-refractivity contribution in [1.29, 1.82) is 0 Å². The van der Waals surface area contributed by atoms with Crippen molar-refractivity contribution in [3.63, 3.8) is 0 Å². The summed E-state index contributed by atoms with van der Waals surface area (Å²) in [5, 5.41) is 0. The van der Waals surface area contributed by atoms with E-state index in [1.165, 1.54) is 5.56 Å². The summed E-state index contributed by atoms with van der Waals surface area (Å²) in [6.45, 7) is 5.31. The SMILES string of the molecule is Cc1ccc(N2CCC(N)CC2C)nc1. The van der Waals surface area contributed by atoms with E-state index < -0.39 is 0 Å². The van der Waals surface area contributed by atoms with Crippen LogP contribution in [0, 0.1) is 6.92 Å². The van der Waals surface area contributed by atoms with E-state index in [2.05, 4.69) is 35.9 Å². The molecule has 0 spiro atoms. The Balaban J connectivity index is 2.13. The lowest BCUT2D eigenvalue weighted by Gasteiger charge is -2.37. The molecule has 2 N–H and O–H groups in total. The van der Waals surface area contributed by atoms with E-state index in [1.54, 1.807) is 0 Å². The predicted octanol–water partition coefficient (Wildman–Crippen LogP) is 1.71. The normalized spacial score (nSPS) is 26.7. The molecule has 3 nitrogen and oxygen atoms in total. The van der Waals surface area contributed by atoms with E-state index in [9.17, 15) is 0 Å². The van der Waals surface area contributed by atoms with Gasteiger partial charge in [-0.3, -0.25) is 0 Å². The van der Waals surface area contributed by atoms with E-state index in [-0.39, 0.29) is 0 Å². The molecule has 0 saturated carbocycles. The molecule has 2 unspecified atom stereocenters. The fourth-order valence-electron chi connectivity index (χ4n) is 2.18. The molecular weight excluding hydrogens is 186 g/mol. The second kappa shape index (κ2) is 4.19. The standard InChI is InChI=1S/C12H19N3/c1-9-3-4-12(14-8-9)15-6-5-11(13)7-10(15)2/h3-4,8,10-11H,5-7,13H2,1-2H3. The molecule has 0 aliphatic carbocycles. The Morgan fingerprint density at radius 3 is 2.87 bits per heavy atom. The fourth-order valence-corrected chi connectivity index (χ4v) is 2.18. The van der Waals surface area contributed by atoms with Gasteiger partial charge in [0.1, 0.15) is 5.82 Å². The van der Waals surface area contributed by atoms with Crippen molar-refractivity contribution in [3.05, 3.63) is 23.9 Å². The first-order chi connectivity index (χ1) is 7.16. The summed E-state index contributed by atoms with van der Waals surface area (Å²) >= 11 is 0. The Labute approximate surface area is 91.3 Å². The van der Waals surface area contributed by atoms with E-state index in [0.717, 1.165) is 25.2 Å². The zero-order valence-corrected chi connectivity index (χ0v) is 9.48. The van der Waals surface area contributed by atoms with Crippen molar-refractivity contribution in [1.82, 2.24) is 4.98 Å². The highest BCUT2D eigenvalue weighted by Crippen LogP contribution is 2.22. The van der Waals surface area contributed by atoms with Crippen LogP contribution in [0.15, 0.2) is 18.3 Å². The average Bonchev–Trinajstić information content (AvgIpc) is 2.20. The van der Waals surface area contributed by atoms with Gasteiger partial charge in [0, 0.05) is 24.8 Å². The van der Waals surface area contributed by atoms with Crippen molar-refractivity contribution in [2.24, 2.45) is 5.73 Å². The van der Waals surface area contributed by atoms with Crippen LogP contribution in [0.25, 0.3) is 0 Å². The van der Waals surface area contributed by atoms with E-state index in [1.807, 2.05) is 6.20 Å². The van der Waals surface area contributed by atoms with Gasteiger partial charge in [-0.25, -0.2) is 4.98 Å². The first-order valence-electron chi connectivity index (χ1n) is 5.61. The maximum Gasteiger partial charge on any atom is 0.128 e. The van der Waals surface area contributed by atoms with Gasteiger partial charge in [-0.15, -0.1) is 0 Å². The maximum absolute atomic E-state index is 5.94. The average molecular weight is 205 g/mol. The van der Waals surface area contributed by atoms with E-state index in [0.29, 0.717) is 12.1 Å². The molecule has 0 radical (unpaired) electrons. The largest absolute Gasteiger partial charge is 0.354 e. The second-order valence-corrected chi connectivity index (χ2v) is 4.52. The van der Waals surface area contributed by atoms with E-state index in [4.69, 9.17) is 5.73 Å². The maximum atomic E-state index is 5.94. The minimum atomic E-state index is 0.363. The lowest BCUT2D eigenvalue weighted by Crippen LogP contribution is -2.45. The first-order valence-corrected chi connectivity index (χ1v) is 5.61. The Kier molecular flexibility index (Phi) is 2.91. The van der Waals surface area contributed by atoms with Crippen LogP contribution >= 0.6 is 0 Å². The topological polar surface area (TPSA) is 42.1 Å². The predicted molar refractivity (Wildman–Crippen MR) is 63.0 cm³/mol. The van der Waals surface area contributed by atoms with Gasteiger partial charge in [0.15, 0.2) is 0 Å². The van der Waals surface area contributed by atoms with E-state index >= 15 is 0 Å². The molecule has 0 amide bonds. The molecule has 2 atom stereocenters. The van der Waals surface area contributed by atoms with Crippen molar-refractivity contribution < 1.29 is 0 Å². The highest BCUT2D eigenvalue weighted by molar-refractivity contribution is 5.41. The smallest absolute Gasteiger partial charge is 0.128 e. The van der Waals surface area contributed by atoms with Gasteiger partial charge >= 0.3 is 0 Å². The number of rotatable bonds is 1. The zero-order valence-electron chi connectivity index (χ0n) is 9.48. The lowest BCUT2D eigenvalue weighted by molar-refractivity contribution is 0.427. The Hall–Kier alpha value is -1.09. The van der Waals surface area contributed by atoms with Gasteiger partial charge in [0.25, 0.3) is 0 Å². The monoisotopic (exact) mass is 205 g/mol. The van der Waals surface area contributed by atoms with Crippen molar-refractivity contribution >= 4 is 5.82 Å². The summed E-state index contributed by atoms with van der Waals surface area (Å²) in [7, 11) is 0. The summed E-state index contributed by atoms with van der Waals surface area (Å²) < 4.78 is 0. The van der Waals surface area contributed by atoms with Crippen LogP contribution in [0.5, 0.6) is 0 Å². The Bertz CT molecular complexity index is 320. The number of aromatic nitrogens is 1. The third-order valence-electron chi connectivity index (χ3n) is 3.11. The molecule has 1 aliphatic rings. The summed E-state index contributed by atoms with van der Waals surface area (Å²) in [4.78, 5) is 6.81. The zero-order chi connectivity index (χ0) is 10.8. The number of pyridine rings is 1. The molecule has 0 bridgehead atoms. The number of piperidine rings is 1. The summed E-state index contributed by atoms with van der Waals surface area (Å²) in [6, 6.07) is 5.08. The molecule has 1 aliphatic heterocycles. The van der Waals surface area contributed by atoms with Gasteiger partial charge in [0.05, 0.1) is 0 Å². The van der Waals surface area contributed by atoms with Crippen LogP contribution in [0.4, 0.5) is 5.82 Å². The number of anilines is 1. The molecule has 1 aromatic rings. The van der Waals surface area contributed by atoms with Gasteiger partial charge in [0.2, 0.25) is 0 Å². The summed E-state index contributed by atoms with van der Waals surface area (Å²) in [6.07, 6.45) is 4.06. The van der Waals surface area contributed by atoms with Crippen LogP contribution in [0.2, 0.25) is 0 Å². The lowest BCUT2D eigenvalue weighted by atomic mass is 9.99.